The lowest BCUT2D eigenvalue weighted by atomic mass is 10.1. The third kappa shape index (κ3) is 6.25. The molecule has 1 atom stereocenters. The Balaban J connectivity index is 2.55. The molecule has 1 N–H and O–H groups in total. The van der Waals surface area contributed by atoms with Gasteiger partial charge in [0.2, 0.25) is 0 Å². The van der Waals surface area contributed by atoms with E-state index in [2.05, 4.69) is 26.2 Å². The Labute approximate surface area is 127 Å². The number of nitrogens with zero attached hydrogens (tertiary/aromatic N) is 1. The van der Waals surface area contributed by atoms with E-state index in [0.29, 0.717) is 11.4 Å². The van der Waals surface area contributed by atoms with E-state index in [-0.39, 0.29) is 6.04 Å². The van der Waals surface area contributed by atoms with Crippen molar-refractivity contribution in [3.8, 4) is 0 Å². The summed E-state index contributed by atoms with van der Waals surface area (Å²) in [7, 11) is 0. The molecule has 6 heteroatoms. The largest absolute Gasteiger partial charge is 0.444 e. The van der Waals surface area contributed by atoms with Gasteiger partial charge in [0.25, 0.3) is 0 Å². The van der Waals surface area contributed by atoms with Gasteiger partial charge in [-0.15, -0.1) is 0 Å². The molecule has 1 aromatic rings. The molecule has 0 fully saturated rings. The highest BCUT2D eigenvalue weighted by molar-refractivity contribution is 9.10. The fraction of sp³-hybridized carbons (Fsp3) is 0.538. The number of carbonyl (C=O) groups is 1. The van der Waals surface area contributed by atoms with E-state index < -0.39 is 11.7 Å². The highest BCUT2D eigenvalue weighted by atomic mass is 79.9. The van der Waals surface area contributed by atoms with Gasteiger partial charge in [-0.3, -0.25) is 4.98 Å². The van der Waals surface area contributed by atoms with E-state index in [0.717, 1.165) is 10.2 Å². The van der Waals surface area contributed by atoms with Crippen LogP contribution in [0, 0.1) is 0 Å². The lowest BCUT2D eigenvalue weighted by Gasteiger charge is -2.22. The predicted octanol–water partition coefficient (Wildman–Crippen LogP) is 3.95. The molecule has 0 aromatic carbocycles. The minimum absolute atomic E-state index is 0.110. The highest BCUT2D eigenvalue weighted by Gasteiger charge is 2.18. The van der Waals surface area contributed by atoms with Crippen molar-refractivity contribution in [2.24, 2.45) is 0 Å². The summed E-state index contributed by atoms with van der Waals surface area (Å²) in [6.07, 6.45) is 1.79. The SMILES string of the molecule is CC(Cc1ncc(Br)cc1Cl)NC(=O)OC(C)(C)C. The topological polar surface area (TPSA) is 51.2 Å². The Bertz CT molecular complexity index is 460. The van der Waals surface area contributed by atoms with E-state index in [1.54, 1.807) is 12.3 Å². The summed E-state index contributed by atoms with van der Waals surface area (Å²) in [5.41, 5.74) is 0.241. The van der Waals surface area contributed by atoms with Crippen LogP contribution in [0.4, 0.5) is 4.79 Å². The first-order chi connectivity index (χ1) is 8.67. The molecule has 106 valence electrons. The van der Waals surface area contributed by atoms with Crippen molar-refractivity contribution in [2.45, 2.75) is 45.8 Å². The fourth-order valence-electron chi connectivity index (χ4n) is 1.44. The maximum atomic E-state index is 11.6. The van der Waals surface area contributed by atoms with Crippen LogP contribution in [0.15, 0.2) is 16.7 Å². The summed E-state index contributed by atoms with van der Waals surface area (Å²) in [4.78, 5) is 15.8. The van der Waals surface area contributed by atoms with Gasteiger partial charge in [0.15, 0.2) is 0 Å². The molecule has 0 bridgehead atoms. The molecule has 0 spiro atoms. The number of carbonyl (C=O) groups excluding carboxylic acids is 1. The van der Waals surface area contributed by atoms with Crippen molar-refractivity contribution < 1.29 is 9.53 Å². The first kappa shape index (κ1) is 16.2. The summed E-state index contributed by atoms with van der Waals surface area (Å²) < 4.78 is 6.01. The zero-order chi connectivity index (χ0) is 14.6. The molecular weight excluding hydrogens is 332 g/mol. The van der Waals surface area contributed by atoms with Crippen LogP contribution >= 0.6 is 27.5 Å². The second-order valence-corrected chi connectivity index (χ2v) is 6.66. The Kier molecular flexibility index (Phi) is 5.62. The van der Waals surface area contributed by atoms with Gasteiger partial charge >= 0.3 is 6.09 Å². The predicted molar refractivity (Wildman–Crippen MR) is 79.5 cm³/mol. The molecule has 4 nitrogen and oxygen atoms in total. The standard InChI is InChI=1S/C13H18BrClN2O2/c1-8(17-12(18)19-13(2,3)4)5-11-10(15)6-9(14)7-16-11/h6-8H,5H2,1-4H3,(H,17,18). The number of ether oxygens (including phenoxy) is 1. The number of hydrogen-bond acceptors (Lipinski definition) is 3. The van der Waals surface area contributed by atoms with Crippen molar-refractivity contribution in [3.05, 3.63) is 27.5 Å². The number of nitrogens with one attached hydrogen (secondary N) is 1. The molecule has 0 saturated carbocycles. The van der Waals surface area contributed by atoms with Crippen molar-refractivity contribution in [2.75, 3.05) is 0 Å². The molecule has 19 heavy (non-hydrogen) atoms. The zero-order valence-electron chi connectivity index (χ0n) is 11.5. The molecule has 1 aromatic heterocycles. The first-order valence-electron chi connectivity index (χ1n) is 5.97. The number of amides is 1. The second-order valence-electron chi connectivity index (χ2n) is 5.33. The maximum Gasteiger partial charge on any atom is 0.407 e. The van der Waals surface area contributed by atoms with Crippen LogP contribution in [-0.2, 0) is 11.2 Å². The van der Waals surface area contributed by atoms with E-state index in [1.165, 1.54) is 0 Å². The summed E-state index contributed by atoms with van der Waals surface area (Å²) >= 11 is 9.38. The van der Waals surface area contributed by atoms with Gasteiger partial charge in [-0.2, -0.15) is 0 Å². The molecule has 1 rings (SSSR count). The monoisotopic (exact) mass is 348 g/mol. The van der Waals surface area contributed by atoms with Crippen LogP contribution < -0.4 is 5.32 Å². The number of halogens is 2. The van der Waals surface area contributed by atoms with Crippen LogP contribution in [0.3, 0.4) is 0 Å². The smallest absolute Gasteiger partial charge is 0.407 e. The molecule has 0 aliphatic heterocycles. The van der Waals surface area contributed by atoms with Gasteiger partial charge in [-0.1, -0.05) is 11.6 Å². The molecule has 1 heterocycles. The van der Waals surface area contributed by atoms with Crippen LogP contribution in [-0.4, -0.2) is 22.7 Å². The number of aromatic nitrogens is 1. The van der Waals surface area contributed by atoms with E-state index >= 15 is 0 Å². The Hall–Kier alpha value is -0.810. The van der Waals surface area contributed by atoms with Gasteiger partial charge in [-0.25, -0.2) is 4.79 Å². The Morgan fingerprint density at radius 3 is 2.74 bits per heavy atom. The molecule has 1 amide bonds. The third-order valence-corrected chi connectivity index (χ3v) is 2.91. The normalized spacial score (nSPS) is 12.9. The van der Waals surface area contributed by atoms with Crippen LogP contribution in [0.5, 0.6) is 0 Å². The Morgan fingerprint density at radius 1 is 1.58 bits per heavy atom. The molecule has 0 radical (unpaired) electrons. The minimum Gasteiger partial charge on any atom is -0.444 e. The highest BCUT2D eigenvalue weighted by Crippen LogP contribution is 2.20. The first-order valence-corrected chi connectivity index (χ1v) is 7.14. The molecule has 0 saturated heterocycles. The minimum atomic E-state index is -0.503. The number of hydrogen-bond donors (Lipinski definition) is 1. The third-order valence-electron chi connectivity index (χ3n) is 2.15. The van der Waals surface area contributed by atoms with Gasteiger partial charge < -0.3 is 10.1 Å². The lowest BCUT2D eigenvalue weighted by molar-refractivity contribution is 0.0508. The second kappa shape index (κ2) is 6.57. The van der Waals surface area contributed by atoms with Crippen molar-refractivity contribution >= 4 is 33.6 Å². The molecule has 0 aliphatic carbocycles. The summed E-state index contributed by atoms with van der Waals surface area (Å²) in [6.45, 7) is 7.35. The average molecular weight is 350 g/mol. The zero-order valence-corrected chi connectivity index (χ0v) is 13.8. The maximum absolute atomic E-state index is 11.6. The van der Waals surface area contributed by atoms with Gasteiger partial charge in [-0.05, 0) is 49.7 Å². The van der Waals surface area contributed by atoms with Crippen LogP contribution in [0.2, 0.25) is 5.02 Å². The van der Waals surface area contributed by atoms with Gasteiger partial charge in [0.1, 0.15) is 5.60 Å². The van der Waals surface area contributed by atoms with Gasteiger partial charge in [0.05, 0.1) is 10.7 Å². The molecular formula is C13H18BrClN2O2. The lowest BCUT2D eigenvalue weighted by Crippen LogP contribution is -2.38. The summed E-state index contributed by atoms with van der Waals surface area (Å²) in [6, 6.07) is 1.67. The van der Waals surface area contributed by atoms with Crippen molar-refractivity contribution in [1.29, 1.82) is 0 Å². The van der Waals surface area contributed by atoms with Crippen molar-refractivity contribution in [3.63, 3.8) is 0 Å². The molecule has 0 aliphatic rings. The van der Waals surface area contributed by atoms with E-state index in [1.807, 2.05) is 27.7 Å². The average Bonchev–Trinajstić information content (AvgIpc) is 2.19. The van der Waals surface area contributed by atoms with E-state index in [4.69, 9.17) is 16.3 Å². The molecule has 1 unspecified atom stereocenters. The number of pyridine rings is 1. The van der Waals surface area contributed by atoms with Gasteiger partial charge in [0, 0.05) is 23.1 Å². The van der Waals surface area contributed by atoms with E-state index in [9.17, 15) is 4.79 Å². The Morgan fingerprint density at radius 2 is 2.21 bits per heavy atom. The summed E-state index contributed by atoms with van der Waals surface area (Å²) in [5.74, 6) is 0. The fourth-order valence-corrected chi connectivity index (χ4v) is 2.15. The summed E-state index contributed by atoms with van der Waals surface area (Å²) in [5, 5.41) is 3.33. The van der Waals surface area contributed by atoms with Crippen LogP contribution in [0.1, 0.15) is 33.4 Å². The van der Waals surface area contributed by atoms with Crippen LogP contribution in [0.25, 0.3) is 0 Å². The number of rotatable bonds is 3. The number of alkyl carbamates (subject to hydrolysis) is 1. The van der Waals surface area contributed by atoms with Crippen molar-refractivity contribution in [1.82, 2.24) is 10.3 Å². The quantitative estimate of drug-likeness (QED) is 0.899.